The third-order valence-electron chi connectivity index (χ3n) is 2.83. The fourth-order valence-corrected chi connectivity index (χ4v) is 2.11. The number of hydrogen-bond acceptors (Lipinski definition) is 4. The van der Waals surface area contributed by atoms with E-state index in [1.807, 2.05) is 12.1 Å². The molecular weight excluding hydrogens is 266 g/mol. The Kier molecular flexibility index (Phi) is 5.91. The van der Waals surface area contributed by atoms with Gasteiger partial charge in [0, 0.05) is 19.2 Å². The summed E-state index contributed by atoms with van der Waals surface area (Å²) >= 11 is 6.32. The number of halogens is 1. The van der Waals surface area contributed by atoms with Gasteiger partial charge in [-0.2, -0.15) is 0 Å². The lowest BCUT2D eigenvalue weighted by Crippen LogP contribution is -2.42. The van der Waals surface area contributed by atoms with Gasteiger partial charge in [-0.15, -0.1) is 0 Å². The van der Waals surface area contributed by atoms with Crippen molar-refractivity contribution in [2.75, 3.05) is 27.9 Å². The zero-order chi connectivity index (χ0) is 14.5. The molecular formula is C14H22ClNO3. The van der Waals surface area contributed by atoms with Crippen molar-refractivity contribution in [3.63, 3.8) is 0 Å². The highest BCUT2D eigenvalue weighted by molar-refractivity contribution is 6.33. The van der Waals surface area contributed by atoms with E-state index in [1.165, 1.54) is 0 Å². The molecule has 0 aliphatic heterocycles. The van der Waals surface area contributed by atoms with Crippen molar-refractivity contribution in [1.82, 2.24) is 5.32 Å². The monoisotopic (exact) mass is 287 g/mol. The molecule has 0 unspecified atom stereocenters. The molecule has 0 spiro atoms. The summed E-state index contributed by atoms with van der Waals surface area (Å²) in [4.78, 5) is 0. The van der Waals surface area contributed by atoms with Crippen LogP contribution in [0.5, 0.6) is 11.5 Å². The van der Waals surface area contributed by atoms with E-state index < -0.39 is 0 Å². The summed E-state index contributed by atoms with van der Waals surface area (Å²) in [5.41, 5.74) is 0.842. The predicted molar refractivity (Wildman–Crippen MR) is 77.4 cm³/mol. The summed E-state index contributed by atoms with van der Waals surface area (Å²) in [6, 6.07) is 3.78. The van der Waals surface area contributed by atoms with Gasteiger partial charge < -0.3 is 19.5 Å². The first-order valence-electron chi connectivity index (χ1n) is 6.08. The molecule has 0 aliphatic carbocycles. The summed E-state index contributed by atoms with van der Waals surface area (Å²) < 4.78 is 15.7. The van der Waals surface area contributed by atoms with Gasteiger partial charge >= 0.3 is 0 Å². The second kappa shape index (κ2) is 6.98. The maximum absolute atomic E-state index is 6.32. The van der Waals surface area contributed by atoms with Crippen LogP contribution in [0.3, 0.4) is 0 Å². The van der Waals surface area contributed by atoms with E-state index in [4.69, 9.17) is 25.8 Å². The average Bonchev–Trinajstić information content (AvgIpc) is 2.36. The fourth-order valence-electron chi connectivity index (χ4n) is 1.81. The molecule has 4 nitrogen and oxygen atoms in total. The second-order valence-electron chi connectivity index (χ2n) is 4.94. The maximum Gasteiger partial charge on any atom is 0.179 e. The number of hydrogen-bond donors (Lipinski definition) is 1. The molecule has 0 aliphatic rings. The number of methoxy groups -OCH3 is 3. The van der Waals surface area contributed by atoms with E-state index in [0.29, 0.717) is 29.7 Å². The van der Waals surface area contributed by atoms with Crippen LogP contribution in [0, 0.1) is 0 Å². The van der Waals surface area contributed by atoms with E-state index in [0.717, 1.165) is 5.56 Å². The van der Waals surface area contributed by atoms with Crippen LogP contribution in [0.2, 0.25) is 5.02 Å². The quantitative estimate of drug-likeness (QED) is 0.837. The molecule has 1 rings (SSSR count). The Morgan fingerprint density at radius 3 is 2.37 bits per heavy atom. The van der Waals surface area contributed by atoms with Crippen LogP contribution >= 0.6 is 11.6 Å². The third-order valence-corrected chi connectivity index (χ3v) is 3.24. The number of nitrogens with one attached hydrogen (secondary N) is 1. The van der Waals surface area contributed by atoms with Crippen LogP contribution in [0.25, 0.3) is 0 Å². The van der Waals surface area contributed by atoms with Gasteiger partial charge in [0.05, 0.1) is 25.8 Å². The first-order valence-corrected chi connectivity index (χ1v) is 6.46. The minimum atomic E-state index is -0.120. The Balaban J connectivity index is 2.85. The zero-order valence-corrected chi connectivity index (χ0v) is 12.9. The lowest BCUT2D eigenvalue weighted by Gasteiger charge is -2.26. The van der Waals surface area contributed by atoms with Crippen LogP contribution in [0.15, 0.2) is 12.1 Å². The van der Waals surface area contributed by atoms with Gasteiger partial charge in [-0.05, 0) is 25.5 Å². The minimum absolute atomic E-state index is 0.120. The minimum Gasteiger partial charge on any atom is -0.493 e. The number of rotatable bonds is 7. The van der Waals surface area contributed by atoms with Gasteiger partial charge in [-0.25, -0.2) is 0 Å². The normalized spacial score (nSPS) is 11.5. The van der Waals surface area contributed by atoms with E-state index in [1.54, 1.807) is 21.3 Å². The van der Waals surface area contributed by atoms with Gasteiger partial charge in [0.25, 0.3) is 0 Å². The fraction of sp³-hybridized carbons (Fsp3) is 0.571. The van der Waals surface area contributed by atoms with E-state index in [9.17, 15) is 0 Å². The van der Waals surface area contributed by atoms with Gasteiger partial charge in [0.15, 0.2) is 11.5 Å². The molecule has 1 aromatic rings. The van der Waals surface area contributed by atoms with Crippen LogP contribution in [-0.2, 0) is 11.3 Å². The number of ether oxygens (including phenoxy) is 3. The number of benzene rings is 1. The highest BCUT2D eigenvalue weighted by Gasteiger charge is 2.18. The van der Waals surface area contributed by atoms with Crippen molar-refractivity contribution in [1.29, 1.82) is 0 Å². The lowest BCUT2D eigenvalue weighted by atomic mass is 10.1. The molecule has 0 fully saturated rings. The molecule has 0 radical (unpaired) electrons. The van der Waals surface area contributed by atoms with Crippen molar-refractivity contribution >= 4 is 11.6 Å². The topological polar surface area (TPSA) is 39.7 Å². The van der Waals surface area contributed by atoms with Crippen molar-refractivity contribution in [2.45, 2.75) is 25.9 Å². The van der Waals surface area contributed by atoms with E-state index in [-0.39, 0.29) is 5.54 Å². The van der Waals surface area contributed by atoms with E-state index in [2.05, 4.69) is 19.2 Å². The summed E-state index contributed by atoms with van der Waals surface area (Å²) in [7, 11) is 4.86. The van der Waals surface area contributed by atoms with Crippen molar-refractivity contribution in [2.24, 2.45) is 0 Å². The van der Waals surface area contributed by atoms with E-state index >= 15 is 0 Å². The first kappa shape index (κ1) is 16.1. The van der Waals surface area contributed by atoms with Gasteiger partial charge in [-0.3, -0.25) is 0 Å². The summed E-state index contributed by atoms with van der Waals surface area (Å²) in [6.45, 7) is 5.41. The van der Waals surface area contributed by atoms with Crippen molar-refractivity contribution < 1.29 is 14.2 Å². The summed E-state index contributed by atoms with van der Waals surface area (Å²) in [6.07, 6.45) is 0. The lowest BCUT2D eigenvalue weighted by molar-refractivity contribution is 0.127. The van der Waals surface area contributed by atoms with Gasteiger partial charge in [0.1, 0.15) is 0 Å². The molecule has 0 bridgehead atoms. The van der Waals surface area contributed by atoms with Gasteiger partial charge in [-0.1, -0.05) is 17.7 Å². The average molecular weight is 288 g/mol. The first-order chi connectivity index (χ1) is 8.95. The van der Waals surface area contributed by atoms with Crippen LogP contribution in [0.1, 0.15) is 19.4 Å². The molecule has 0 saturated heterocycles. The maximum atomic E-state index is 6.32. The molecule has 108 valence electrons. The second-order valence-corrected chi connectivity index (χ2v) is 5.32. The standard InChI is InChI=1S/C14H22ClNO3/c1-14(2,9-17-3)16-8-10-6-7-11(18-4)13(19-5)12(10)15/h6-7,16H,8-9H2,1-5H3. The zero-order valence-electron chi connectivity index (χ0n) is 12.2. The summed E-state index contributed by atoms with van der Waals surface area (Å²) in [5.74, 6) is 1.19. The Hall–Kier alpha value is -0.970. The summed E-state index contributed by atoms with van der Waals surface area (Å²) in [5, 5.41) is 3.97. The Morgan fingerprint density at radius 2 is 1.84 bits per heavy atom. The molecule has 0 amide bonds. The molecule has 1 N–H and O–H groups in total. The molecule has 0 saturated carbocycles. The predicted octanol–water partition coefficient (Wildman–Crippen LogP) is 2.87. The van der Waals surface area contributed by atoms with Crippen molar-refractivity contribution in [3.8, 4) is 11.5 Å². The molecule has 0 atom stereocenters. The molecule has 5 heteroatoms. The Morgan fingerprint density at radius 1 is 1.16 bits per heavy atom. The smallest absolute Gasteiger partial charge is 0.179 e. The molecule has 0 aromatic heterocycles. The highest BCUT2D eigenvalue weighted by atomic mass is 35.5. The Bertz CT molecular complexity index is 421. The van der Waals surface area contributed by atoms with Crippen LogP contribution < -0.4 is 14.8 Å². The molecule has 0 heterocycles. The van der Waals surface area contributed by atoms with Crippen molar-refractivity contribution in [3.05, 3.63) is 22.7 Å². The Labute approximate surface area is 120 Å². The largest absolute Gasteiger partial charge is 0.493 e. The molecule has 19 heavy (non-hydrogen) atoms. The highest BCUT2D eigenvalue weighted by Crippen LogP contribution is 2.37. The SMILES string of the molecule is COCC(C)(C)NCc1ccc(OC)c(OC)c1Cl. The van der Waals surface area contributed by atoms with Crippen LogP contribution in [0.4, 0.5) is 0 Å². The molecule has 1 aromatic carbocycles. The third kappa shape index (κ3) is 4.27. The van der Waals surface area contributed by atoms with Crippen LogP contribution in [-0.4, -0.2) is 33.5 Å². The van der Waals surface area contributed by atoms with Gasteiger partial charge in [0.2, 0.25) is 0 Å².